The first-order valence-corrected chi connectivity index (χ1v) is 9.11. The topological polar surface area (TPSA) is 54.4 Å². The third-order valence-electron chi connectivity index (χ3n) is 3.91. The van der Waals surface area contributed by atoms with E-state index < -0.39 is 5.97 Å². The molecule has 24 heavy (non-hydrogen) atoms. The zero-order valence-electron chi connectivity index (χ0n) is 14.3. The molecule has 0 aromatic heterocycles. The van der Waals surface area contributed by atoms with Gasteiger partial charge in [0.15, 0.2) is 0 Å². The Morgan fingerprint density at radius 1 is 1.21 bits per heavy atom. The summed E-state index contributed by atoms with van der Waals surface area (Å²) in [7, 11) is 0. The van der Waals surface area contributed by atoms with Crippen LogP contribution in [0.1, 0.15) is 58.3 Å². The van der Waals surface area contributed by atoms with E-state index in [4.69, 9.17) is 16.7 Å². The predicted octanol–water partition coefficient (Wildman–Crippen LogP) is 5.57. The summed E-state index contributed by atoms with van der Waals surface area (Å²) in [5, 5.41) is 8.86. The summed E-state index contributed by atoms with van der Waals surface area (Å²) in [6.07, 6.45) is 18.8. The van der Waals surface area contributed by atoms with Gasteiger partial charge in [-0.05, 0) is 25.7 Å². The first-order chi connectivity index (χ1) is 11.6. The third kappa shape index (κ3) is 7.78. The maximum Gasteiger partial charge on any atom is 0.303 e. The molecule has 1 unspecified atom stereocenters. The highest BCUT2D eigenvalue weighted by Gasteiger charge is 2.26. The quantitative estimate of drug-likeness (QED) is 0.301. The maximum atomic E-state index is 12.1. The van der Waals surface area contributed by atoms with Crippen LogP contribution in [0.4, 0.5) is 0 Å². The Labute approximate surface area is 149 Å². The third-order valence-corrected chi connectivity index (χ3v) is 4.20. The second kappa shape index (κ2) is 11.9. The van der Waals surface area contributed by atoms with Gasteiger partial charge in [-0.15, -0.1) is 0 Å². The van der Waals surface area contributed by atoms with E-state index in [1.54, 1.807) is 12.2 Å². The number of carbonyl (C=O) groups is 2. The largest absolute Gasteiger partial charge is 0.481 e. The summed E-state index contributed by atoms with van der Waals surface area (Å²) < 4.78 is 0. The molecule has 0 fully saturated rings. The van der Waals surface area contributed by atoms with E-state index in [0.29, 0.717) is 18.4 Å². The van der Waals surface area contributed by atoms with Crippen molar-refractivity contribution in [3.8, 4) is 0 Å². The van der Waals surface area contributed by atoms with Gasteiger partial charge in [0, 0.05) is 17.9 Å². The lowest BCUT2D eigenvalue weighted by molar-refractivity contribution is -0.137. The van der Waals surface area contributed by atoms with Crippen LogP contribution in [0.3, 0.4) is 0 Å². The molecule has 0 aliphatic heterocycles. The summed E-state index contributed by atoms with van der Waals surface area (Å²) in [6.45, 7) is 2.19. The lowest BCUT2D eigenvalue weighted by Gasteiger charge is -2.03. The molecule has 3 nitrogen and oxygen atoms in total. The average Bonchev–Trinajstić information content (AvgIpc) is 2.81. The fourth-order valence-electron chi connectivity index (χ4n) is 2.53. The van der Waals surface area contributed by atoms with Gasteiger partial charge in [0.25, 0.3) is 0 Å². The summed E-state index contributed by atoms with van der Waals surface area (Å²) in [4.78, 5) is 22.5. The van der Waals surface area contributed by atoms with Crippen LogP contribution in [0.25, 0.3) is 0 Å². The second-order valence-electron chi connectivity index (χ2n) is 5.98. The molecule has 1 aliphatic rings. The number of carbonyl (C=O) groups excluding carboxylic acids is 1. The van der Waals surface area contributed by atoms with E-state index in [9.17, 15) is 9.59 Å². The van der Waals surface area contributed by atoms with Gasteiger partial charge < -0.3 is 5.11 Å². The number of halogens is 1. The highest BCUT2D eigenvalue weighted by Crippen LogP contribution is 2.30. The molecular formula is C20H27ClO3. The van der Waals surface area contributed by atoms with E-state index in [1.165, 1.54) is 25.7 Å². The number of allylic oxidation sites excluding steroid dienone is 8. The van der Waals surface area contributed by atoms with Crippen LogP contribution >= 0.6 is 11.6 Å². The number of hydrogen-bond acceptors (Lipinski definition) is 2. The number of rotatable bonds is 11. The molecule has 1 rings (SSSR count). The van der Waals surface area contributed by atoms with Crippen molar-refractivity contribution in [2.45, 2.75) is 58.3 Å². The predicted molar refractivity (Wildman–Crippen MR) is 99.0 cm³/mol. The Morgan fingerprint density at radius 2 is 1.96 bits per heavy atom. The van der Waals surface area contributed by atoms with E-state index in [-0.39, 0.29) is 23.2 Å². The number of Topliss-reactive ketones (excluding diaryl/α,β-unsaturated/α-hetero) is 1. The van der Waals surface area contributed by atoms with Crippen LogP contribution in [0.15, 0.2) is 47.1 Å². The molecule has 0 saturated carbocycles. The van der Waals surface area contributed by atoms with Gasteiger partial charge in [-0.1, -0.05) is 74.2 Å². The molecule has 0 bridgehead atoms. The molecule has 0 heterocycles. The summed E-state index contributed by atoms with van der Waals surface area (Å²) in [6, 6.07) is 0. The van der Waals surface area contributed by atoms with Gasteiger partial charge in [0.2, 0.25) is 5.78 Å². The maximum absolute atomic E-state index is 12.1. The van der Waals surface area contributed by atoms with Crippen LogP contribution in [-0.2, 0) is 9.59 Å². The van der Waals surface area contributed by atoms with Crippen LogP contribution in [0.5, 0.6) is 0 Å². The van der Waals surface area contributed by atoms with Gasteiger partial charge >= 0.3 is 5.97 Å². The Kier molecular flexibility index (Phi) is 10.1. The zero-order valence-corrected chi connectivity index (χ0v) is 15.1. The van der Waals surface area contributed by atoms with E-state index in [1.807, 2.05) is 18.2 Å². The van der Waals surface area contributed by atoms with Gasteiger partial charge in [-0.2, -0.15) is 0 Å². The van der Waals surface area contributed by atoms with Crippen molar-refractivity contribution < 1.29 is 14.7 Å². The van der Waals surface area contributed by atoms with E-state index in [2.05, 4.69) is 13.0 Å². The van der Waals surface area contributed by atoms with Gasteiger partial charge in [0.1, 0.15) is 0 Å². The Bertz CT molecular complexity index is 541. The number of aliphatic carboxylic acids is 1. The monoisotopic (exact) mass is 350 g/mol. The molecule has 132 valence electrons. The molecule has 0 aromatic carbocycles. The smallest absolute Gasteiger partial charge is 0.303 e. The molecule has 0 amide bonds. The fraction of sp³-hybridized carbons (Fsp3) is 0.500. The van der Waals surface area contributed by atoms with Crippen molar-refractivity contribution in [2.75, 3.05) is 0 Å². The average molecular weight is 351 g/mol. The molecule has 0 spiro atoms. The van der Waals surface area contributed by atoms with Gasteiger partial charge in [-0.25, -0.2) is 0 Å². The number of unbranched alkanes of at least 4 members (excludes halogenated alkanes) is 5. The summed E-state index contributed by atoms with van der Waals surface area (Å²) >= 11 is 5.98. The van der Waals surface area contributed by atoms with Gasteiger partial charge in [0.05, 0.1) is 5.03 Å². The van der Waals surface area contributed by atoms with Crippen molar-refractivity contribution in [1.29, 1.82) is 0 Å². The molecule has 4 heteroatoms. The molecule has 0 radical (unpaired) electrons. The first-order valence-electron chi connectivity index (χ1n) is 8.73. The van der Waals surface area contributed by atoms with Crippen molar-refractivity contribution >= 4 is 23.4 Å². The summed E-state index contributed by atoms with van der Waals surface area (Å²) in [5.41, 5.74) is 0.680. The highest BCUT2D eigenvalue weighted by molar-refractivity contribution is 6.46. The van der Waals surface area contributed by atoms with Crippen molar-refractivity contribution in [3.63, 3.8) is 0 Å². The molecule has 1 aliphatic carbocycles. The molecule has 1 atom stereocenters. The van der Waals surface area contributed by atoms with E-state index in [0.717, 1.165) is 6.42 Å². The Hall–Kier alpha value is -1.61. The molecular weight excluding hydrogens is 324 g/mol. The molecule has 0 saturated heterocycles. The normalized spacial score (nSPS) is 19.8. The SMILES string of the molecule is CCCCCCC=CC1C=C(Cl)C(=O)C1=CC=CCCCC(=O)O. The van der Waals surface area contributed by atoms with Crippen molar-refractivity contribution in [1.82, 2.24) is 0 Å². The minimum absolute atomic E-state index is 0.0557. The zero-order chi connectivity index (χ0) is 17.8. The first kappa shape index (κ1) is 20.4. The number of carboxylic acids is 1. The summed E-state index contributed by atoms with van der Waals surface area (Å²) in [5.74, 6) is -0.958. The van der Waals surface area contributed by atoms with Crippen molar-refractivity contribution in [2.24, 2.45) is 5.92 Å². The van der Waals surface area contributed by atoms with Gasteiger partial charge in [-0.3, -0.25) is 9.59 Å². The van der Waals surface area contributed by atoms with Crippen LogP contribution in [-0.4, -0.2) is 16.9 Å². The fourth-order valence-corrected chi connectivity index (χ4v) is 2.77. The van der Waals surface area contributed by atoms with Crippen LogP contribution in [0.2, 0.25) is 0 Å². The minimum atomic E-state index is -0.784. The van der Waals surface area contributed by atoms with Crippen molar-refractivity contribution in [3.05, 3.63) is 47.1 Å². The number of ketones is 1. The Balaban J connectivity index is 2.51. The lowest BCUT2D eigenvalue weighted by Crippen LogP contribution is -2.01. The second-order valence-corrected chi connectivity index (χ2v) is 6.39. The Morgan fingerprint density at radius 3 is 2.67 bits per heavy atom. The minimum Gasteiger partial charge on any atom is -0.481 e. The molecule has 0 aromatic rings. The van der Waals surface area contributed by atoms with Crippen LogP contribution in [0, 0.1) is 5.92 Å². The van der Waals surface area contributed by atoms with Crippen LogP contribution < -0.4 is 0 Å². The standard InChI is InChI=1S/C20H27ClO3/c1-2-3-4-5-6-9-12-16-15-18(21)20(24)17(16)13-10-7-8-11-14-19(22)23/h7,9-10,12-13,15-16H,2-6,8,11,14H2,1H3,(H,22,23). The molecule has 1 N–H and O–H groups in total. The highest BCUT2D eigenvalue weighted by atomic mass is 35.5. The number of hydrogen-bond donors (Lipinski definition) is 1. The lowest BCUT2D eigenvalue weighted by atomic mass is 10.00. The van der Waals surface area contributed by atoms with E-state index >= 15 is 0 Å². The number of carboxylic acid groups (broad SMARTS) is 1.